The Balaban J connectivity index is 0.000000548. The van der Waals surface area contributed by atoms with Crippen LogP contribution in [0, 0.1) is 0 Å². The SMILES string of the molecule is C1CC1.O=C(CCl)OCCOC(=O)CCl. The Bertz CT molecular complexity index is 174. The fourth-order valence-electron chi connectivity index (χ4n) is 0.388. The smallest absolute Gasteiger partial charge is 0.320 e. The molecule has 0 aromatic carbocycles. The number of esters is 2. The van der Waals surface area contributed by atoms with E-state index < -0.39 is 11.9 Å². The third kappa shape index (κ3) is 13.5. The molecule has 15 heavy (non-hydrogen) atoms. The summed E-state index contributed by atoms with van der Waals surface area (Å²) in [6, 6.07) is 0. The lowest BCUT2D eigenvalue weighted by atomic mass is 10.7. The van der Waals surface area contributed by atoms with Gasteiger partial charge < -0.3 is 9.47 Å². The summed E-state index contributed by atoms with van der Waals surface area (Å²) in [5.41, 5.74) is 0. The summed E-state index contributed by atoms with van der Waals surface area (Å²) < 4.78 is 8.99. The van der Waals surface area contributed by atoms with Gasteiger partial charge in [0.05, 0.1) is 0 Å². The molecule has 6 heteroatoms. The summed E-state index contributed by atoms with van der Waals surface area (Å²) >= 11 is 10.2. The number of hydrogen-bond donors (Lipinski definition) is 0. The lowest BCUT2D eigenvalue weighted by Crippen LogP contribution is -2.14. The van der Waals surface area contributed by atoms with E-state index in [9.17, 15) is 9.59 Å². The molecule has 1 rings (SSSR count). The van der Waals surface area contributed by atoms with Crippen LogP contribution < -0.4 is 0 Å². The second kappa shape index (κ2) is 10.1. The van der Waals surface area contributed by atoms with Gasteiger partial charge >= 0.3 is 11.9 Å². The molecule has 1 aliphatic rings. The molecule has 1 saturated carbocycles. The molecule has 0 aromatic heterocycles. The molecule has 0 aliphatic heterocycles. The van der Waals surface area contributed by atoms with Gasteiger partial charge in [0.15, 0.2) is 0 Å². The molecule has 0 atom stereocenters. The van der Waals surface area contributed by atoms with E-state index in [-0.39, 0.29) is 25.0 Å². The van der Waals surface area contributed by atoms with E-state index in [1.165, 1.54) is 19.3 Å². The first-order valence-electron chi connectivity index (χ1n) is 4.64. The van der Waals surface area contributed by atoms with Crippen molar-refractivity contribution in [1.82, 2.24) is 0 Å². The largest absolute Gasteiger partial charge is 0.461 e. The predicted molar refractivity (Wildman–Crippen MR) is 57.2 cm³/mol. The Labute approximate surface area is 98.8 Å². The first-order valence-corrected chi connectivity index (χ1v) is 5.70. The van der Waals surface area contributed by atoms with Crippen molar-refractivity contribution >= 4 is 35.1 Å². The van der Waals surface area contributed by atoms with Gasteiger partial charge in [-0.1, -0.05) is 19.3 Å². The molecule has 0 unspecified atom stereocenters. The number of carbonyl (C=O) groups excluding carboxylic acids is 2. The van der Waals surface area contributed by atoms with Crippen molar-refractivity contribution in [2.24, 2.45) is 0 Å². The predicted octanol–water partition coefficient (Wildman–Crippen LogP) is 1.72. The Kier molecular flexibility index (Phi) is 9.73. The zero-order chi connectivity index (χ0) is 11.5. The van der Waals surface area contributed by atoms with Crippen LogP contribution in [0.25, 0.3) is 0 Å². The standard InChI is InChI=1S/C6H8Cl2O4.C3H6/c7-3-5(9)11-1-2-12-6(10)4-8;1-2-3-1/h1-4H2;1-3H2. The van der Waals surface area contributed by atoms with E-state index in [2.05, 4.69) is 9.47 Å². The molecule has 0 spiro atoms. The zero-order valence-corrected chi connectivity index (χ0v) is 9.85. The molecule has 0 amide bonds. The van der Waals surface area contributed by atoms with Crippen LogP contribution in [0.1, 0.15) is 19.3 Å². The van der Waals surface area contributed by atoms with Gasteiger partial charge in [-0.3, -0.25) is 9.59 Å². The number of alkyl halides is 2. The topological polar surface area (TPSA) is 52.6 Å². The van der Waals surface area contributed by atoms with E-state index in [0.29, 0.717) is 0 Å². The van der Waals surface area contributed by atoms with Gasteiger partial charge in [0, 0.05) is 0 Å². The first-order chi connectivity index (χ1) is 7.20. The summed E-state index contributed by atoms with van der Waals surface area (Å²) in [6.45, 7) is 0.0162. The molecule has 1 aliphatic carbocycles. The van der Waals surface area contributed by atoms with Crippen LogP contribution in [0.2, 0.25) is 0 Å². The second-order valence-electron chi connectivity index (χ2n) is 2.77. The van der Waals surface area contributed by atoms with Crippen LogP contribution >= 0.6 is 23.2 Å². The Morgan fingerprint density at radius 3 is 1.40 bits per heavy atom. The maximum Gasteiger partial charge on any atom is 0.320 e. The average Bonchev–Trinajstić information content (AvgIpc) is 3.10. The Morgan fingerprint density at radius 1 is 0.867 bits per heavy atom. The summed E-state index contributed by atoms with van der Waals surface area (Å²) in [5, 5.41) is 0. The first kappa shape index (κ1) is 14.5. The number of halogens is 2. The quantitative estimate of drug-likeness (QED) is 0.427. The van der Waals surface area contributed by atoms with Gasteiger partial charge in [-0.05, 0) is 0 Å². The summed E-state index contributed by atoms with van der Waals surface area (Å²) in [5.74, 6) is -1.50. The van der Waals surface area contributed by atoms with Crippen LogP contribution in [-0.4, -0.2) is 36.9 Å². The monoisotopic (exact) mass is 256 g/mol. The molecule has 0 saturated heterocycles. The highest BCUT2D eigenvalue weighted by Gasteiger charge is 2.01. The minimum atomic E-state index is -0.543. The fraction of sp³-hybridized carbons (Fsp3) is 0.778. The van der Waals surface area contributed by atoms with Gasteiger partial charge in [0.25, 0.3) is 0 Å². The molecule has 88 valence electrons. The van der Waals surface area contributed by atoms with Gasteiger partial charge in [0.1, 0.15) is 25.0 Å². The normalized spacial score (nSPS) is 12.1. The molecule has 0 N–H and O–H groups in total. The van der Waals surface area contributed by atoms with Crippen molar-refractivity contribution in [2.45, 2.75) is 19.3 Å². The third-order valence-electron chi connectivity index (χ3n) is 1.18. The maximum atomic E-state index is 10.4. The highest BCUT2D eigenvalue weighted by molar-refractivity contribution is 6.26. The van der Waals surface area contributed by atoms with Crippen LogP contribution in [-0.2, 0) is 19.1 Å². The van der Waals surface area contributed by atoms with E-state index in [1.54, 1.807) is 0 Å². The highest BCUT2D eigenvalue weighted by atomic mass is 35.5. The summed E-state index contributed by atoms with van der Waals surface area (Å²) in [7, 11) is 0. The average molecular weight is 257 g/mol. The molecule has 0 bridgehead atoms. The van der Waals surface area contributed by atoms with E-state index in [1.807, 2.05) is 0 Å². The van der Waals surface area contributed by atoms with Crippen LogP contribution in [0.3, 0.4) is 0 Å². The zero-order valence-electron chi connectivity index (χ0n) is 8.34. The minimum absolute atomic E-state index is 0.00812. The van der Waals surface area contributed by atoms with Crippen molar-refractivity contribution in [3.8, 4) is 0 Å². The molecule has 0 aromatic rings. The van der Waals surface area contributed by atoms with Crippen molar-refractivity contribution in [1.29, 1.82) is 0 Å². The van der Waals surface area contributed by atoms with Crippen LogP contribution in [0.4, 0.5) is 0 Å². The van der Waals surface area contributed by atoms with Crippen molar-refractivity contribution < 1.29 is 19.1 Å². The van der Waals surface area contributed by atoms with E-state index >= 15 is 0 Å². The Morgan fingerprint density at radius 2 is 1.20 bits per heavy atom. The van der Waals surface area contributed by atoms with E-state index in [0.717, 1.165) is 0 Å². The molecule has 1 fully saturated rings. The van der Waals surface area contributed by atoms with Gasteiger partial charge in [-0.15, -0.1) is 23.2 Å². The van der Waals surface area contributed by atoms with Gasteiger partial charge in [-0.25, -0.2) is 0 Å². The summed E-state index contributed by atoms with van der Waals surface area (Å²) in [4.78, 5) is 20.8. The number of rotatable bonds is 5. The van der Waals surface area contributed by atoms with Gasteiger partial charge in [0.2, 0.25) is 0 Å². The number of carbonyl (C=O) groups is 2. The van der Waals surface area contributed by atoms with Crippen molar-refractivity contribution in [2.75, 3.05) is 25.0 Å². The van der Waals surface area contributed by atoms with Gasteiger partial charge in [-0.2, -0.15) is 0 Å². The van der Waals surface area contributed by atoms with Crippen LogP contribution in [0.15, 0.2) is 0 Å². The maximum absolute atomic E-state index is 10.4. The highest BCUT2D eigenvalue weighted by Crippen LogP contribution is 2.14. The minimum Gasteiger partial charge on any atom is -0.461 e. The lowest BCUT2D eigenvalue weighted by molar-refractivity contribution is -0.149. The molecule has 0 heterocycles. The molecular weight excluding hydrogens is 243 g/mol. The number of ether oxygens (including phenoxy) is 2. The van der Waals surface area contributed by atoms with E-state index in [4.69, 9.17) is 23.2 Å². The molecule has 4 nitrogen and oxygen atoms in total. The lowest BCUT2D eigenvalue weighted by Gasteiger charge is -2.02. The Hall–Kier alpha value is -0.480. The fourth-order valence-corrected chi connectivity index (χ4v) is 0.542. The molecule has 0 radical (unpaired) electrons. The second-order valence-corrected chi connectivity index (χ2v) is 3.30. The number of hydrogen-bond acceptors (Lipinski definition) is 4. The summed E-state index contributed by atoms with van der Waals surface area (Å²) in [6.07, 6.45) is 4.50. The third-order valence-corrected chi connectivity index (χ3v) is 1.62. The molecular formula is C9H14Cl2O4. The van der Waals surface area contributed by atoms with Crippen molar-refractivity contribution in [3.63, 3.8) is 0 Å². The van der Waals surface area contributed by atoms with Crippen LogP contribution in [0.5, 0.6) is 0 Å². The van der Waals surface area contributed by atoms with Crippen molar-refractivity contribution in [3.05, 3.63) is 0 Å².